The lowest BCUT2D eigenvalue weighted by Crippen LogP contribution is -1.94. The standard InChI is InChI=1S/C15H10N4/c16-10-13-4-1-5-15(19-13)18-12-6-7-14-11(9-12)3-2-8-17-14/h1-9H,(H,18,19). The van der Waals surface area contributed by atoms with Crippen LogP contribution in [0.2, 0.25) is 0 Å². The van der Waals surface area contributed by atoms with Gasteiger partial charge in [0.1, 0.15) is 17.6 Å². The van der Waals surface area contributed by atoms with Gasteiger partial charge in [-0.2, -0.15) is 5.26 Å². The molecule has 0 fully saturated rings. The Morgan fingerprint density at radius 2 is 2.00 bits per heavy atom. The van der Waals surface area contributed by atoms with Crippen molar-refractivity contribution >= 4 is 22.4 Å². The maximum atomic E-state index is 8.82. The molecule has 0 amide bonds. The molecule has 0 aliphatic heterocycles. The van der Waals surface area contributed by atoms with E-state index in [2.05, 4.69) is 15.3 Å². The van der Waals surface area contributed by atoms with Gasteiger partial charge in [-0.3, -0.25) is 4.98 Å². The zero-order chi connectivity index (χ0) is 13.1. The zero-order valence-corrected chi connectivity index (χ0v) is 10.0. The van der Waals surface area contributed by atoms with Crippen LogP contribution in [0.3, 0.4) is 0 Å². The Morgan fingerprint density at radius 3 is 2.89 bits per heavy atom. The molecular formula is C15H10N4. The number of rotatable bonds is 2. The lowest BCUT2D eigenvalue weighted by Gasteiger charge is -2.06. The van der Waals surface area contributed by atoms with Gasteiger partial charge in [0.15, 0.2) is 0 Å². The van der Waals surface area contributed by atoms with Crippen molar-refractivity contribution in [1.29, 1.82) is 5.26 Å². The SMILES string of the molecule is N#Cc1cccc(Nc2ccc3ncccc3c2)n1. The van der Waals surface area contributed by atoms with Crippen LogP contribution in [0.25, 0.3) is 10.9 Å². The van der Waals surface area contributed by atoms with Crippen LogP contribution in [0.4, 0.5) is 11.5 Å². The van der Waals surface area contributed by atoms with E-state index in [1.807, 2.05) is 42.5 Å². The fourth-order valence-corrected chi connectivity index (χ4v) is 1.87. The fourth-order valence-electron chi connectivity index (χ4n) is 1.87. The van der Waals surface area contributed by atoms with E-state index in [-0.39, 0.29) is 0 Å². The molecular weight excluding hydrogens is 236 g/mol. The lowest BCUT2D eigenvalue weighted by molar-refractivity contribution is 1.25. The Kier molecular flexibility index (Phi) is 2.79. The first-order valence-electron chi connectivity index (χ1n) is 5.84. The highest BCUT2D eigenvalue weighted by atomic mass is 15.0. The van der Waals surface area contributed by atoms with Crippen molar-refractivity contribution in [2.24, 2.45) is 0 Å². The molecule has 0 radical (unpaired) electrons. The van der Waals surface area contributed by atoms with Crippen molar-refractivity contribution < 1.29 is 0 Å². The zero-order valence-electron chi connectivity index (χ0n) is 10.0. The molecule has 1 aromatic carbocycles. The minimum absolute atomic E-state index is 0.396. The smallest absolute Gasteiger partial charge is 0.142 e. The molecule has 4 nitrogen and oxygen atoms in total. The third-order valence-electron chi connectivity index (χ3n) is 2.74. The summed E-state index contributed by atoms with van der Waals surface area (Å²) < 4.78 is 0. The van der Waals surface area contributed by atoms with E-state index in [9.17, 15) is 0 Å². The van der Waals surface area contributed by atoms with Gasteiger partial charge in [0.05, 0.1) is 5.52 Å². The van der Waals surface area contributed by atoms with Gasteiger partial charge in [0.2, 0.25) is 0 Å². The van der Waals surface area contributed by atoms with Crippen LogP contribution in [-0.2, 0) is 0 Å². The maximum absolute atomic E-state index is 8.82. The Bertz CT molecular complexity index is 774. The number of pyridine rings is 2. The minimum Gasteiger partial charge on any atom is -0.340 e. The number of hydrogen-bond acceptors (Lipinski definition) is 4. The van der Waals surface area contributed by atoms with E-state index < -0.39 is 0 Å². The topological polar surface area (TPSA) is 61.6 Å². The van der Waals surface area contributed by atoms with Crippen LogP contribution in [0, 0.1) is 11.3 Å². The van der Waals surface area contributed by atoms with E-state index in [1.165, 1.54) is 0 Å². The van der Waals surface area contributed by atoms with Crippen LogP contribution in [0.15, 0.2) is 54.7 Å². The lowest BCUT2D eigenvalue weighted by atomic mass is 10.2. The summed E-state index contributed by atoms with van der Waals surface area (Å²) in [5.74, 6) is 0.655. The third kappa shape index (κ3) is 2.35. The summed E-state index contributed by atoms with van der Waals surface area (Å²) in [6.07, 6.45) is 1.77. The third-order valence-corrected chi connectivity index (χ3v) is 2.74. The van der Waals surface area contributed by atoms with Crippen molar-refractivity contribution in [3.8, 4) is 6.07 Å². The number of hydrogen-bond donors (Lipinski definition) is 1. The molecule has 0 atom stereocenters. The molecule has 0 aliphatic carbocycles. The van der Waals surface area contributed by atoms with Gasteiger partial charge in [0, 0.05) is 17.3 Å². The second kappa shape index (κ2) is 4.75. The molecule has 0 saturated carbocycles. The molecule has 1 N–H and O–H groups in total. The molecule has 3 aromatic rings. The van der Waals surface area contributed by atoms with Gasteiger partial charge in [-0.25, -0.2) is 4.98 Å². The quantitative estimate of drug-likeness (QED) is 0.754. The Hall–Kier alpha value is -2.93. The number of anilines is 2. The predicted molar refractivity (Wildman–Crippen MR) is 74.0 cm³/mol. The molecule has 0 spiro atoms. The summed E-state index contributed by atoms with van der Waals surface area (Å²) in [6.45, 7) is 0. The Morgan fingerprint density at radius 1 is 1.05 bits per heavy atom. The van der Waals surface area contributed by atoms with Gasteiger partial charge < -0.3 is 5.32 Å². The van der Waals surface area contributed by atoms with Gasteiger partial charge in [-0.15, -0.1) is 0 Å². The maximum Gasteiger partial charge on any atom is 0.142 e. The molecule has 4 heteroatoms. The second-order valence-corrected chi connectivity index (χ2v) is 4.06. The monoisotopic (exact) mass is 246 g/mol. The summed E-state index contributed by atoms with van der Waals surface area (Å²) in [4.78, 5) is 8.45. The van der Waals surface area contributed by atoms with Crippen molar-refractivity contribution in [2.45, 2.75) is 0 Å². The minimum atomic E-state index is 0.396. The van der Waals surface area contributed by atoms with E-state index >= 15 is 0 Å². The first-order valence-corrected chi connectivity index (χ1v) is 5.84. The van der Waals surface area contributed by atoms with Gasteiger partial charge in [-0.05, 0) is 36.4 Å². The molecule has 3 rings (SSSR count). The average molecular weight is 246 g/mol. The Labute approximate surface area is 110 Å². The van der Waals surface area contributed by atoms with E-state index in [4.69, 9.17) is 5.26 Å². The molecule has 2 aromatic heterocycles. The van der Waals surface area contributed by atoms with E-state index in [0.29, 0.717) is 11.5 Å². The van der Waals surface area contributed by atoms with Crippen molar-refractivity contribution in [3.63, 3.8) is 0 Å². The number of nitrogens with zero attached hydrogens (tertiary/aromatic N) is 3. The number of fused-ring (bicyclic) bond motifs is 1. The molecule has 0 aliphatic rings. The van der Waals surface area contributed by atoms with Gasteiger partial charge in [0.25, 0.3) is 0 Å². The molecule has 2 heterocycles. The summed E-state index contributed by atoms with van der Waals surface area (Å²) in [7, 11) is 0. The molecule has 19 heavy (non-hydrogen) atoms. The summed E-state index contributed by atoms with van der Waals surface area (Å²) >= 11 is 0. The van der Waals surface area contributed by atoms with Gasteiger partial charge in [-0.1, -0.05) is 12.1 Å². The number of benzene rings is 1. The number of aromatic nitrogens is 2. The largest absolute Gasteiger partial charge is 0.340 e. The summed E-state index contributed by atoms with van der Waals surface area (Å²) in [5.41, 5.74) is 2.27. The normalized spacial score (nSPS) is 10.1. The van der Waals surface area contributed by atoms with Crippen LogP contribution in [0.5, 0.6) is 0 Å². The molecule has 0 bridgehead atoms. The van der Waals surface area contributed by atoms with E-state index in [1.54, 1.807) is 18.3 Å². The number of nitrogens with one attached hydrogen (secondary N) is 1. The van der Waals surface area contributed by atoms with Crippen molar-refractivity contribution in [1.82, 2.24) is 9.97 Å². The number of nitriles is 1. The molecule has 90 valence electrons. The predicted octanol–water partition coefficient (Wildman–Crippen LogP) is 3.25. The first kappa shape index (κ1) is 11.2. The van der Waals surface area contributed by atoms with E-state index in [0.717, 1.165) is 16.6 Å². The molecule has 0 unspecified atom stereocenters. The summed E-state index contributed by atoms with van der Waals surface area (Å²) in [6, 6.07) is 17.1. The molecule has 0 saturated heterocycles. The first-order chi connectivity index (χ1) is 9.35. The van der Waals surface area contributed by atoms with Crippen molar-refractivity contribution in [2.75, 3.05) is 5.32 Å². The van der Waals surface area contributed by atoms with Crippen LogP contribution >= 0.6 is 0 Å². The van der Waals surface area contributed by atoms with Crippen molar-refractivity contribution in [3.05, 3.63) is 60.4 Å². The highest BCUT2D eigenvalue weighted by Gasteiger charge is 2.00. The van der Waals surface area contributed by atoms with Crippen LogP contribution < -0.4 is 5.32 Å². The fraction of sp³-hybridized carbons (Fsp3) is 0. The highest BCUT2D eigenvalue weighted by Crippen LogP contribution is 2.20. The van der Waals surface area contributed by atoms with Crippen LogP contribution in [0.1, 0.15) is 5.69 Å². The highest BCUT2D eigenvalue weighted by molar-refractivity contribution is 5.82. The Balaban J connectivity index is 1.94. The second-order valence-electron chi connectivity index (χ2n) is 4.06. The average Bonchev–Trinajstić information content (AvgIpc) is 2.47. The van der Waals surface area contributed by atoms with Gasteiger partial charge >= 0.3 is 0 Å². The van der Waals surface area contributed by atoms with Crippen LogP contribution in [-0.4, -0.2) is 9.97 Å². The summed E-state index contributed by atoms with van der Waals surface area (Å²) in [5, 5.41) is 13.1.